The molecule has 4 nitrogen and oxygen atoms in total. The minimum atomic E-state index is -0.0340. The fourth-order valence-electron chi connectivity index (χ4n) is 3.01. The summed E-state index contributed by atoms with van der Waals surface area (Å²) in [5.74, 6) is 0.0377. The number of carbonyl (C=O) groups excluding carboxylic acids is 2. The molecule has 130 valence electrons. The Balaban J connectivity index is 1.55. The highest BCUT2D eigenvalue weighted by atomic mass is 127. The molecule has 0 radical (unpaired) electrons. The van der Waals surface area contributed by atoms with Crippen LogP contribution >= 0.6 is 22.6 Å². The third-order valence-corrected chi connectivity index (χ3v) is 5.48. The molecule has 0 atom stereocenters. The number of benzene rings is 2. The van der Waals surface area contributed by atoms with Crippen LogP contribution in [0.4, 0.5) is 0 Å². The molecule has 0 bridgehead atoms. The highest BCUT2D eigenvalue weighted by Gasteiger charge is 2.25. The number of nitrogens with zero attached hydrogens (tertiary/aromatic N) is 1. The van der Waals surface area contributed by atoms with E-state index < -0.39 is 0 Å². The number of halogens is 1. The lowest BCUT2D eigenvalue weighted by molar-refractivity contribution is 0.0698. The van der Waals surface area contributed by atoms with E-state index in [0.29, 0.717) is 18.7 Å². The minimum Gasteiger partial charge on any atom is -0.349 e. The molecule has 0 aromatic heterocycles. The van der Waals surface area contributed by atoms with Crippen LogP contribution < -0.4 is 5.32 Å². The Labute approximate surface area is 161 Å². The van der Waals surface area contributed by atoms with Gasteiger partial charge >= 0.3 is 0 Å². The van der Waals surface area contributed by atoms with Gasteiger partial charge in [-0.3, -0.25) is 9.59 Å². The van der Waals surface area contributed by atoms with Crippen molar-refractivity contribution in [3.8, 4) is 0 Å². The minimum absolute atomic E-state index is 0.0340. The lowest BCUT2D eigenvalue weighted by atomic mass is 10.0. The zero-order chi connectivity index (χ0) is 17.8. The van der Waals surface area contributed by atoms with Crippen LogP contribution in [0.3, 0.4) is 0 Å². The zero-order valence-corrected chi connectivity index (χ0v) is 16.3. The predicted octanol–water partition coefficient (Wildman–Crippen LogP) is 3.63. The van der Waals surface area contributed by atoms with E-state index in [1.807, 2.05) is 60.4 Å². The molecule has 1 aliphatic rings. The van der Waals surface area contributed by atoms with Gasteiger partial charge in [-0.2, -0.15) is 0 Å². The van der Waals surface area contributed by atoms with E-state index in [0.717, 1.165) is 27.5 Å². The molecular weight excluding hydrogens is 427 g/mol. The summed E-state index contributed by atoms with van der Waals surface area (Å²) in [6.45, 7) is 3.35. The Bertz CT molecular complexity index is 766. The lowest BCUT2D eigenvalue weighted by Crippen LogP contribution is -2.46. The Morgan fingerprint density at radius 2 is 1.68 bits per heavy atom. The number of amides is 2. The number of piperidine rings is 1. The highest BCUT2D eigenvalue weighted by Crippen LogP contribution is 2.16. The second-order valence-corrected chi connectivity index (χ2v) is 7.55. The van der Waals surface area contributed by atoms with Gasteiger partial charge in [-0.15, -0.1) is 0 Å². The Morgan fingerprint density at radius 3 is 2.32 bits per heavy atom. The van der Waals surface area contributed by atoms with Crippen molar-refractivity contribution in [2.75, 3.05) is 13.1 Å². The average molecular weight is 448 g/mol. The SMILES string of the molecule is Cc1ccc(C(=O)N2CCC(NC(=O)c3ccccc3I)CC2)cc1. The van der Waals surface area contributed by atoms with Crippen LogP contribution in [-0.4, -0.2) is 35.8 Å². The molecule has 3 rings (SSSR count). The van der Waals surface area contributed by atoms with Gasteiger partial charge in [0.05, 0.1) is 5.56 Å². The van der Waals surface area contributed by atoms with Crippen LogP contribution in [0.2, 0.25) is 0 Å². The fourth-order valence-corrected chi connectivity index (χ4v) is 3.65. The normalized spacial score (nSPS) is 15.0. The molecule has 1 aliphatic heterocycles. The molecule has 2 aromatic carbocycles. The van der Waals surface area contributed by atoms with E-state index in [1.54, 1.807) is 0 Å². The fraction of sp³-hybridized carbons (Fsp3) is 0.300. The first-order valence-electron chi connectivity index (χ1n) is 8.46. The van der Waals surface area contributed by atoms with Crippen LogP contribution in [0.25, 0.3) is 0 Å². The lowest BCUT2D eigenvalue weighted by Gasteiger charge is -2.32. The first-order chi connectivity index (χ1) is 12.0. The predicted molar refractivity (Wildman–Crippen MR) is 107 cm³/mol. The quantitative estimate of drug-likeness (QED) is 0.730. The number of nitrogens with one attached hydrogen (secondary N) is 1. The summed E-state index contributed by atoms with van der Waals surface area (Å²) in [5, 5.41) is 3.10. The molecule has 1 N–H and O–H groups in total. The number of likely N-dealkylation sites (tertiary alicyclic amines) is 1. The van der Waals surface area contributed by atoms with E-state index in [4.69, 9.17) is 0 Å². The number of carbonyl (C=O) groups is 2. The number of aryl methyl sites for hydroxylation is 1. The van der Waals surface area contributed by atoms with Gasteiger partial charge in [0, 0.05) is 28.3 Å². The summed E-state index contributed by atoms with van der Waals surface area (Å²) in [6.07, 6.45) is 1.57. The molecule has 2 aromatic rings. The second-order valence-electron chi connectivity index (χ2n) is 6.39. The topological polar surface area (TPSA) is 49.4 Å². The van der Waals surface area contributed by atoms with E-state index in [1.165, 1.54) is 0 Å². The number of rotatable bonds is 3. The third kappa shape index (κ3) is 4.39. The van der Waals surface area contributed by atoms with E-state index in [2.05, 4.69) is 27.9 Å². The zero-order valence-electron chi connectivity index (χ0n) is 14.2. The maximum Gasteiger partial charge on any atom is 0.253 e. The Hall–Kier alpha value is -1.89. The first kappa shape index (κ1) is 17.9. The van der Waals surface area contributed by atoms with Crippen molar-refractivity contribution in [2.24, 2.45) is 0 Å². The van der Waals surface area contributed by atoms with Crippen molar-refractivity contribution in [1.82, 2.24) is 10.2 Å². The maximum atomic E-state index is 12.5. The largest absolute Gasteiger partial charge is 0.349 e. The molecule has 0 aliphatic carbocycles. The third-order valence-electron chi connectivity index (χ3n) is 4.53. The average Bonchev–Trinajstić information content (AvgIpc) is 2.63. The van der Waals surface area contributed by atoms with Crippen molar-refractivity contribution < 1.29 is 9.59 Å². The summed E-state index contributed by atoms with van der Waals surface area (Å²) in [6, 6.07) is 15.4. The second kappa shape index (κ2) is 7.99. The standard InChI is InChI=1S/C20H21IN2O2/c1-14-6-8-15(9-7-14)20(25)23-12-10-16(11-13-23)22-19(24)17-4-2-3-5-18(17)21/h2-9,16H,10-13H2,1H3,(H,22,24). The van der Waals surface area contributed by atoms with Crippen LogP contribution in [0, 0.1) is 10.5 Å². The number of hydrogen-bond donors (Lipinski definition) is 1. The van der Waals surface area contributed by atoms with Crippen LogP contribution in [0.1, 0.15) is 39.1 Å². The first-order valence-corrected chi connectivity index (χ1v) is 9.54. The Kier molecular flexibility index (Phi) is 5.73. The monoisotopic (exact) mass is 448 g/mol. The van der Waals surface area contributed by atoms with Gasteiger partial charge in [0.2, 0.25) is 0 Å². The van der Waals surface area contributed by atoms with Crippen molar-refractivity contribution in [2.45, 2.75) is 25.8 Å². The smallest absolute Gasteiger partial charge is 0.253 e. The summed E-state index contributed by atoms with van der Waals surface area (Å²) < 4.78 is 0.949. The number of hydrogen-bond acceptors (Lipinski definition) is 2. The molecule has 1 fully saturated rings. The molecule has 0 saturated carbocycles. The molecule has 25 heavy (non-hydrogen) atoms. The molecule has 2 amide bonds. The van der Waals surface area contributed by atoms with Gasteiger partial charge in [-0.05, 0) is 66.6 Å². The summed E-state index contributed by atoms with van der Waals surface area (Å²) in [7, 11) is 0. The molecule has 0 unspecified atom stereocenters. The van der Waals surface area contributed by atoms with Crippen molar-refractivity contribution in [3.63, 3.8) is 0 Å². The molecule has 0 spiro atoms. The molecule has 1 saturated heterocycles. The van der Waals surface area contributed by atoms with Crippen LogP contribution in [0.15, 0.2) is 48.5 Å². The van der Waals surface area contributed by atoms with Gasteiger partial charge in [-0.25, -0.2) is 0 Å². The Morgan fingerprint density at radius 1 is 1.04 bits per heavy atom. The van der Waals surface area contributed by atoms with Crippen LogP contribution in [-0.2, 0) is 0 Å². The van der Waals surface area contributed by atoms with Gasteiger partial charge in [0.15, 0.2) is 0 Å². The summed E-state index contributed by atoms with van der Waals surface area (Å²) in [4.78, 5) is 26.8. The van der Waals surface area contributed by atoms with Crippen LogP contribution in [0.5, 0.6) is 0 Å². The van der Waals surface area contributed by atoms with Gasteiger partial charge in [0.1, 0.15) is 0 Å². The summed E-state index contributed by atoms with van der Waals surface area (Å²) in [5.41, 5.74) is 2.58. The van der Waals surface area contributed by atoms with Crippen molar-refractivity contribution in [1.29, 1.82) is 0 Å². The van der Waals surface area contributed by atoms with E-state index >= 15 is 0 Å². The maximum absolute atomic E-state index is 12.5. The van der Waals surface area contributed by atoms with E-state index in [-0.39, 0.29) is 17.9 Å². The highest BCUT2D eigenvalue weighted by molar-refractivity contribution is 14.1. The summed E-state index contributed by atoms with van der Waals surface area (Å²) >= 11 is 2.18. The van der Waals surface area contributed by atoms with Gasteiger partial charge in [0.25, 0.3) is 11.8 Å². The van der Waals surface area contributed by atoms with Crippen molar-refractivity contribution >= 4 is 34.4 Å². The van der Waals surface area contributed by atoms with E-state index in [9.17, 15) is 9.59 Å². The van der Waals surface area contributed by atoms with Gasteiger partial charge < -0.3 is 10.2 Å². The molecule has 1 heterocycles. The molecular formula is C20H21IN2O2. The van der Waals surface area contributed by atoms with Gasteiger partial charge in [-0.1, -0.05) is 29.8 Å². The van der Waals surface area contributed by atoms with Crippen molar-refractivity contribution in [3.05, 3.63) is 68.8 Å². The molecule has 5 heteroatoms.